The predicted octanol–water partition coefficient (Wildman–Crippen LogP) is 0.519. The molecule has 13 nitrogen and oxygen atoms in total. The van der Waals surface area contributed by atoms with Gasteiger partial charge >= 0.3 is 5.97 Å². The Morgan fingerprint density at radius 3 is 0.533 bits per heavy atom. The van der Waals surface area contributed by atoms with Gasteiger partial charge in [-0.15, -0.1) is 0 Å². The van der Waals surface area contributed by atoms with E-state index in [2.05, 4.69) is 3.07 Å². The van der Waals surface area contributed by atoms with E-state index >= 15 is 0 Å². The van der Waals surface area contributed by atoms with Crippen LogP contribution in [-0.4, -0.2) is 66.8 Å². The van der Waals surface area contributed by atoms with Gasteiger partial charge < -0.3 is 34.1 Å². The van der Waals surface area contributed by atoms with E-state index in [0.29, 0.717) is 0 Å². The van der Waals surface area contributed by atoms with E-state index in [1.54, 1.807) is 0 Å². The zero-order valence-corrected chi connectivity index (χ0v) is 31.8. The minimum atomic E-state index is -0.833. The minimum Gasteiger partial charge on any atom is -0.481 e. The summed E-state index contributed by atoms with van der Waals surface area (Å²) in [5, 5.41) is 37.1. The molecule has 0 saturated heterocycles. The van der Waals surface area contributed by atoms with E-state index < -0.39 is 29.8 Å². The third-order valence-corrected chi connectivity index (χ3v) is 0.729. The number of carbonyl (C=O) groups is 6. The quantitative estimate of drug-likeness (QED) is 0.167. The van der Waals surface area contributed by atoms with Crippen molar-refractivity contribution in [1.29, 1.82) is 0 Å². The molecule has 0 atom stereocenters. The molecule has 0 fully saturated rings. The van der Waals surface area contributed by atoms with Gasteiger partial charge in [-0.3, -0.25) is 28.8 Å². The summed E-state index contributed by atoms with van der Waals surface area (Å²) in [7, 11) is 0. The van der Waals surface area contributed by atoms with Crippen LogP contribution >= 0.6 is 23.0 Å². The molecule has 0 aromatic rings. The first kappa shape index (κ1) is 69.9. The predicted molar refractivity (Wildman–Crippen MR) is 95.9 cm³/mol. The molecule has 0 aliphatic carbocycles. The second-order valence-corrected chi connectivity index (χ2v) is 3.60. The van der Waals surface area contributed by atoms with Crippen LogP contribution in [-0.2, 0) is 110 Å². The molecule has 0 aliphatic rings. The van der Waals surface area contributed by atoms with E-state index in [-0.39, 0.29) is 89.4 Å². The van der Waals surface area contributed by atoms with Crippen LogP contribution in [0.4, 0.5) is 0 Å². The Balaban J connectivity index is -0.0000000156. The summed E-state index contributed by atoms with van der Waals surface area (Å²) in [4.78, 5) is 54.6. The van der Waals surface area contributed by atoms with Gasteiger partial charge in [0.1, 0.15) is 0 Å². The summed E-state index contributed by atoms with van der Waals surface area (Å²) in [6, 6.07) is 0. The van der Waals surface area contributed by atoms with Crippen molar-refractivity contribution in [3.05, 3.63) is 0 Å². The second-order valence-electron chi connectivity index (χ2n) is 3.16. The largest absolute Gasteiger partial charge is 0.481 e. The average Bonchev–Trinajstić information content (AvgIpc) is 2.24. The molecule has 166 valence electrons. The fourth-order valence-corrected chi connectivity index (χ4v) is 0. The smallest absolute Gasteiger partial charge is 0.312 e. The van der Waals surface area contributed by atoms with E-state index in [9.17, 15) is 4.79 Å². The number of rotatable bonds is 0. The Morgan fingerprint density at radius 1 is 0.500 bits per heavy atom. The molecule has 0 aromatic carbocycles. The molecule has 0 aliphatic heterocycles. The summed E-state index contributed by atoms with van der Waals surface area (Å²) in [5.74, 6) is -4.43. The van der Waals surface area contributed by atoms with Gasteiger partial charge in [-0.25, -0.2) is 0 Å². The molecule has 0 aromatic heterocycles. The minimum absolute atomic E-state index is 0. The molecule has 18 heteroatoms. The van der Waals surface area contributed by atoms with E-state index in [1.165, 1.54) is 29.9 Å². The van der Waals surface area contributed by atoms with E-state index in [4.69, 9.17) is 49.5 Å². The zero-order chi connectivity index (χ0) is 22.2. The van der Waals surface area contributed by atoms with Gasteiger partial charge in [-0.05, 0) is 0 Å². The van der Waals surface area contributed by atoms with Crippen molar-refractivity contribution in [2.75, 3.05) is 0 Å². The van der Waals surface area contributed by atoms with E-state index in [1.807, 2.05) is 0 Å². The standard InChI is InChI=1S/C2H3IO2.5C2H4O2.H2O.4Zn/c1-2(4)5-3;5*1-2(3)4;;;;;/h1H3;5*1H3,(H,3,4);1H2;;;;. The first-order valence-corrected chi connectivity index (χ1v) is 6.58. The van der Waals surface area contributed by atoms with Gasteiger partial charge in [0.15, 0.2) is 23.0 Å². The maximum Gasteiger partial charge on any atom is 0.312 e. The number of hydrogen-bond acceptors (Lipinski definition) is 7. The summed E-state index contributed by atoms with van der Waals surface area (Å²) < 4.78 is 4.08. The van der Waals surface area contributed by atoms with Crippen molar-refractivity contribution >= 4 is 58.8 Å². The molecule has 0 radical (unpaired) electrons. The Hall–Kier alpha value is 0.00351. The number of carboxylic acid groups (broad SMARTS) is 5. The third-order valence-electron chi connectivity index (χ3n) is 0.109. The number of halogens is 1. The SMILES string of the molecule is CC(=O)O.CC(=O)O.CC(=O)O.CC(=O)O.CC(=O)O.CC(=O)OI.O.[Zn].[Zn].[Zn].[Zn]. The maximum atomic E-state index is 9.58. The van der Waals surface area contributed by atoms with Crippen molar-refractivity contribution < 1.29 is 141 Å². The fourth-order valence-electron chi connectivity index (χ4n) is 0. The summed E-state index contributed by atoms with van der Waals surface area (Å²) in [6.07, 6.45) is 0. The molecule has 0 rings (SSSR count). The van der Waals surface area contributed by atoms with Crippen molar-refractivity contribution in [3.8, 4) is 0 Å². The van der Waals surface area contributed by atoms with Crippen LogP contribution in [0.25, 0.3) is 0 Å². The van der Waals surface area contributed by atoms with Crippen LogP contribution < -0.4 is 0 Å². The molecule has 30 heavy (non-hydrogen) atoms. The van der Waals surface area contributed by atoms with Gasteiger partial charge in [0, 0.05) is 119 Å². The van der Waals surface area contributed by atoms with Gasteiger partial charge in [-0.2, -0.15) is 0 Å². The van der Waals surface area contributed by atoms with Gasteiger partial charge in [0.05, 0.1) is 0 Å². The first-order valence-electron chi connectivity index (χ1n) is 5.70. The second kappa shape index (κ2) is 63.0. The molecule has 0 saturated carbocycles. The Bertz CT molecular complexity index is 320. The molecule has 7 N–H and O–H groups in total. The number of carboxylic acids is 5. The molecule has 0 bridgehead atoms. The van der Waals surface area contributed by atoms with Crippen molar-refractivity contribution in [2.24, 2.45) is 0 Å². The van der Waals surface area contributed by atoms with Crippen LogP contribution in [0.3, 0.4) is 0 Å². The summed E-state index contributed by atoms with van der Waals surface area (Å²) >= 11 is 1.53. The zero-order valence-electron chi connectivity index (χ0n) is 17.8. The van der Waals surface area contributed by atoms with Crippen LogP contribution in [0.2, 0.25) is 0 Å². The van der Waals surface area contributed by atoms with Gasteiger partial charge in [0.25, 0.3) is 29.8 Å². The normalized spacial score (nSPS) is 5.30. The Kier molecular flexibility index (Phi) is 147. The maximum absolute atomic E-state index is 9.58. The fraction of sp³-hybridized carbons (Fsp3) is 0.500. The van der Waals surface area contributed by atoms with Crippen LogP contribution in [0.5, 0.6) is 0 Å². The molecular formula is C12H25IO13Zn4. The molecular weight excluding hydrogens is 741 g/mol. The molecule has 0 unspecified atom stereocenters. The molecule has 0 heterocycles. The number of aliphatic carboxylic acids is 5. The molecule has 0 spiro atoms. The van der Waals surface area contributed by atoms with Gasteiger partial charge in [0.2, 0.25) is 0 Å². The average molecular weight is 766 g/mol. The van der Waals surface area contributed by atoms with Crippen molar-refractivity contribution in [3.63, 3.8) is 0 Å². The van der Waals surface area contributed by atoms with E-state index in [0.717, 1.165) is 34.6 Å². The van der Waals surface area contributed by atoms with Crippen molar-refractivity contribution in [2.45, 2.75) is 41.5 Å². The van der Waals surface area contributed by atoms with Crippen molar-refractivity contribution in [1.82, 2.24) is 0 Å². The monoisotopic (exact) mass is 760 g/mol. The summed E-state index contributed by atoms with van der Waals surface area (Å²) in [5.41, 5.74) is 0. The van der Waals surface area contributed by atoms with Crippen LogP contribution in [0.1, 0.15) is 41.5 Å². The Labute approximate surface area is 239 Å². The number of hydrogen-bond donors (Lipinski definition) is 5. The molecule has 0 amide bonds. The summed E-state index contributed by atoms with van der Waals surface area (Å²) in [6.45, 7) is 6.77. The number of carbonyl (C=O) groups excluding carboxylic acids is 1. The third kappa shape index (κ3) is 5090. The Morgan fingerprint density at radius 2 is 0.533 bits per heavy atom. The van der Waals surface area contributed by atoms with Crippen LogP contribution in [0, 0.1) is 0 Å². The van der Waals surface area contributed by atoms with Gasteiger partial charge in [-0.1, -0.05) is 0 Å². The first-order chi connectivity index (χ1) is 10.9. The topological polar surface area (TPSA) is 244 Å². The van der Waals surface area contributed by atoms with Crippen LogP contribution in [0.15, 0.2) is 0 Å².